The zero-order valence-corrected chi connectivity index (χ0v) is 12.9. The summed E-state index contributed by atoms with van der Waals surface area (Å²) in [6.07, 6.45) is 8.14. The lowest BCUT2D eigenvalue weighted by Crippen LogP contribution is -2.30. The zero-order valence-electron chi connectivity index (χ0n) is 12.9. The van der Waals surface area contributed by atoms with E-state index in [2.05, 4.69) is 42.6 Å². The second kappa shape index (κ2) is 7.64. The van der Waals surface area contributed by atoms with Crippen molar-refractivity contribution in [3.05, 3.63) is 53.9 Å². The fourth-order valence-electron chi connectivity index (χ4n) is 2.17. The molecule has 0 aliphatic heterocycles. The minimum Gasteiger partial charge on any atom is -0.496 e. The largest absolute Gasteiger partial charge is 0.496 e. The first-order chi connectivity index (χ1) is 10.2. The van der Waals surface area contributed by atoms with Crippen LogP contribution in [0, 0.1) is 6.92 Å². The third-order valence-electron chi connectivity index (χ3n) is 3.24. The molecule has 1 atom stereocenters. The molecule has 0 saturated carbocycles. The van der Waals surface area contributed by atoms with Crippen molar-refractivity contribution in [3.63, 3.8) is 0 Å². The number of rotatable bonds is 7. The van der Waals surface area contributed by atoms with Crippen molar-refractivity contribution in [3.8, 4) is 5.75 Å². The highest BCUT2D eigenvalue weighted by Crippen LogP contribution is 2.18. The van der Waals surface area contributed by atoms with Gasteiger partial charge in [-0.2, -0.15) is 5.10 Å². The monoisotopic (exact) mass is 285 g/mol. The predicted octanol–water partition coefficient (Wildman–Crippen LogP) is 2.89. The van der Waals surface area contributed by atoms with Gasteiger partial charge in [-0.25, -0.2) is 0 Å². The van der Waals surface area contributed by atoms with Crippen molar-refractivity contribution >= 4 is 6.08 Å². The Morgan fingerprint density at radius 2 is 2.19 bits per heavy atom. The SMILES string of the molecule is COc1ccccc1/C=C/CNC(C)Cn1cc(C)cn1. The summed E-state index contributed by atoms with van der Waals surface area (Å²) in [5, 5.41) is 7.76. The van der Waals surface area contributed by atoms with Crippen molar-refractivity contribution in [2.75, 3.05) is 13.7 Å². The Balaban J connectivity index is 1.79. The number of nitrogens with zero attached hydrogens (tertiary/aromatic N) is 2. The quantitative estimate of drug-likeness (QED) is 0.850. The number of para-hydroxylation sites is 1. The van der Waals surface area contributed by atoms with Gasteiger partial charge in [-0.15, -0.1) is 0 Å². The van der Waals surface area contributed by atoms with Gasteiger partial charge >= 0.3 is 0 Å². The van der Waals surface area contributed by atoms with Crippen LogP contribution < -0.4 is 10.1 Å². The molecule has 0 amide bonds. The Morgan fingerprint density at radius 3 is 2.90 bits per heavy atom. The minimum atomic E-state index is 0.367. The normalized spacial score (nSPS) is 12.7. The van der Waals surface area contributed by atoms with E-state index in [4.69, 9.17) is 4.74 Å². The van der Waals surface area contributed by atoms with Crippen molar-refractivity contribution in [2.24, 2.45) is 0 Å². The molecule has 0 aliphatic rings. The lowest BCUT2D eigenvalue weighted by atomic mass is 10.2. The number of nitrogens with one attached hydrogen (secondary N) is 1. The van der Waals surface area contributed by atoms with Gasteiger partial charge in [0, 0.05) is 24.3 Å². The molecule has 2 rings (SSSR count). The van der Waals surface area contributed by atoms with Gasteiger partial charge in [0.1, 0.15) is 5.75 Å². The highest BCUT2D eigenvalue weighted by atomic mass is 16.5. The van der Waals surface area contributed by atoms with Gasteiger partial charge in [0.15, 0.2) is 0 Å². The van der Waals surface area contributed by atoms with E-state index in [0.29, 0.717) is 6.04 Å². The van der Waals surface area contributed by atoms with Crippen LogP contribution in [0.25, 0.3) is 6.08 Å². The van der Waals surface area contributed by atoms with E-state index in [0.717, 1.165) is 24.4 Å². The van der Waals surface area contributed by atoms with Gasteiger partial charge in [-0.1, -0.05) is 30.4 Å². The van der Waals surface area contributed by atoms with E-state index < -0.39 is 0 Å². The van der Waals surface area contributed by atoms with Gasteiger partial charge in [0.2, 0.25) is 0 Å². The van der Waals surface area contributed by atoms with Crippen LogP contribution >= 0.6 is 0 Å². The molecule has 0 radical (unpaired) electrons. The van der Waals surface area contributed by atoms with Gasteiger partial charge in [-0.05, 0) is 25.5 Å². The summed E-state index contributed by atoms with van der Waals surface area (Å²) in [5.74, 6) is 0.897. The standard InChI is InChI=1S/C17H23N3O/c1-14-11-19-20(12-14)13-15(2)18-10-6-8-16-7-4-5-9-17(16)21-3/h4-9,11-12,15,18H,10,13H2,1-3H3/b8-6+. The smallest absolute Gasteiger partial charge is 0.126 e. The molecule has 4 nitrogen and oxygen atoms in total. The average Bonchev–Trinajstić information content (AvgIpc) is 2.89. The summed E-state index contributed by atoms with van der Waals surface area (Å²) in [4.78, 5) is 0. The molecule has 112 valence electrons. The average molecular weight is 285 g/mol. The third-order valence-corrected chi connectivity index (χ3v) is 3.24. The van der Waals surface area contributed by atoms with Crippen molar-refractivity contribution in [2.45, 2.75) is 26.4 Å². The number of aryl methyl sites for hydroxylation is 1. The number of ether oxygens (including phenoxy) is 1. The molecule has 0 fully saturated rings. The molecule has 2 aromatic rings. The van der Waals surface area contributed by atoms with E-state index in [1.807, 2.05) is 35.1 Å². The number of benzene rings is 1. The molecule has 1 unspecified atom stereocenters. The second-order valence-corrected chi connectivity index (χ2v) is 5.19. The van der Waals surface area contributed by atoms with Gasteiger partial charge in [0.05, 0.1) is 19.9 Å². The van der Waals surface area contributed by atoms with Crippen LogP contribution in [-0.2, 0) is 6.54 Å². The molecule has 1 aromatic heterocycles. The van der Waals surface area contributed by atoms with Crippen molar-refractivity contribution < 1.29 is 4.74 Å². The third kappa shape index (κ3) is 4.76. The van der Waals surface area contributed by atoms with Gasteiger partial charge < -0.3 is 10.1 Å². The van der Waals surface area contributed by atoms with E-state index in [1.54, 1.807) is 7.11 Å². The van der Waals surface area contributed by atoms with Crippen molar-refractivity contribution in [1.82, 2.24) is 15.1 Å². The van der Waals surface area contributed by atoms with Crippen molar-refractivity contribution in [1.29, 1.82) is 0 Å². The van der Waals surface area contributed by atoms with Crippen LogP contribution in [0.1, 0.15) is 18.1 Å². The summed E-state index contributed by atoms with van der Waals surface area (Å²) >= 11 is 0. The Hall–Kier alpha value is -2.07. The van der Waals surface area contributed by atoms with Crippen LogP contribution in [0.2, 0.25) is 0 Å². The second-order valence-electron chi connectivity index (χ2n) is 5.19. The Kier molecular flexibility index (Phi) is 5.58. The lowest BCUT2D eigenvalue weighted by Gasteiger charge is -2.12. The summed E-state index contributed by atoms with van der Waals surface area (Å²) in [7, 11) is 1.69. The molecule has 1 N–H and O–H groups in total. The van der Waals surface area contributed by atoms with E-state index in [1.165, 1.54) is 5.56 Å². The molecule has 0 spiro atoms. The minimum absolute atomic E-state index is 0.367. The van der Waals surface area contributed by atoms with Crippen LogP contribution in [-0.4, -0.2) is 29.5 Å². The van der Waals surface area contributed by atoms with E-state index in [9.17, 15) is 0 Å². The zero-order chi connectivity index (χ0) is 15.1. The van der Waals surface area contributed by atoms with E-state index in [-0.39, 0.29) is 0 Å². The first kappa shape index (κ1) is 15.3. The van der Waals surface area contributed by atoms with Crippen LogP contribution in [0.15, 0.2) is 42.7 Å². The molecule has 1 aromatic carbocycles. The van der Waals surface area contributed by atoms with Crippen LogP contribution in [0.4, 0.5) is 0 Å². The van der Waals surface area contributed by atoms with Crippen LogP contribution in [0.3, 0.4) is 0 Å². The Morgan fingerprint density at radius 1 is 1.38 bits per heavy atom. The molecule has 0 saturated heterocycles. The first-order valence-electron chi connectivity index (χ1n) is 7.21. The summed E-state index contributed by atoms with van der Waals surface area (Å²) in [5.41, 5.74) is 2.29. The molecule has 1 heterocycles. The van der Waals surface area contributed by atoms with Gasteiger partial charge in [-0.3, -0.25) is 4.68 Å². The number of hydrogen-bond acceptors (Lipinski definition) is 3. The van der Waals surface area contributed by atoms with Gasteiger partial charge in [0.25, 0.3) is 0 Å². The highest BCUT2D eigenvalue weighted by Gasteiger charge is 2.02. The fourth-order valence-corrected chi connectivity index (χ4v) is 2.17. The number of hydrogen-bond donors (Lipinski definition) is 1. The Labute approximate surface area is 126 Å². The predicted molar refractivity (Wildman–Crippen MR) is 86.5 cm³/mol. The maximum atomic E-state index is 5.32. The lowest BCUT2D eigenvalue weighted by molar-refractivity contribution is 0.414. The topological polar surface area (TPSA) is 39.1 Å². The Bertz CT molecular complexity index is 589. The fraction of sp³-hybridized carbons (Fsp3) is 0.353. The summed E-state index contributed by atoms with van der Waals surface area (Å²) < 4.78 is 7.29. The maximum absolute atomic E-state index is 5.32. The molecule has 0 aliphatic carbocycles. The molecular formula is C17H23N3O. The molecular weight excluding hydrogens is 262 g/mol. The summed E-state index contributed by atoms with van der Waals surface area (Å²) in [6.45, 7) is 5.90. The van der Waals surface area contributed by atoms with E-state index >= 15 is 0 Å². The van der Waals surface area contributed by atoms with Crippen LogP contribution in [0.5, 0.6) is 5.75 Å². The maximum Gasteiger partial charge on any atom is 0.126 e. The summed E-state index contributed by atoms with van der Waals surface area (Å²) in [6, 6.07) is 8.37. The number of aromatic nitrogens is 2. The molecule has 21 heavy (non-hydrogen) atoms. The highest BCUT2D eigenvalue weighted by molar-refractivity contribution is 5.57. The molecule has 4 heteroatoms. The molecule has 0 bridgehead atoms. The first-order valence-corrected chi connectivity index (χ1v) is 7.21. The number of methoxy groups -OCH3 is 1.